The van der Waals surface area contributed by atoms with E-state index in [0.29, 0.717) is 6.42 Å². The lowest BCUT2D eigenvalue weighted by molar-refractivity contribution is -0.119. The molecule has 0 aliphatic carbocycles. The van der Waals surface area contributed by atoms with Crippen LogP contribution in [0.1, 0.15) is 24.9 Å². The number of hydrogen-bond donors (Lipinski definition) is 2. The van der Waals surface area contributed by atoms with Gasteiger partial charge in [-0.2, -0.15) is 0 Å². The lowest BCUT2D eigenvalue weighted by Crippen LogP contribution is -2.33. The minimum Gasteiger partial charge on any atom is -0.354 e. The minimum atomic E-state index is 0.146. The van der Waals surface area contributed by atoms with Crippen molar-refractivity contribution in [3.63, 3.8) is 0 Å². The van der Waals surface area contributed by atoms with Crippen LogP contribution in [0, 0.1) is 3.57 Å². The molecular formula is C12H15IN2O. The highest BCUT2D eigenvalue weighted by atomic mass is 127. The second-order valence-corrected chi connectivity index (χ2v) is 5.39. The Labute approximate surface area is 109 Å². The van der Waals surface area contributed by atoms with E-state index in [1.165, 1.54) is 9.13 Å². The number of carbonyl (C=O) groups is 1. The van der Waals surface area contributed by atoms with Crippen LogP contribution in [0.4, 0.5) is 0 Å². The van der Waals surface area contributed by atoms with Crippen LogP contribution in [0.25, 0.3) is 0 Å². The Morgan fingerprint density at radius 2 is 2.12 bits per heavy atom. The molecule has 2 rings (SSSR count). The van der Waals surface area contributed by atoms with Gasteiger partial charge in [-0.05, 0) is 47.2 Å². The number of rotatable bonds is 3. The summed E-state index contributed by atoms with van der Waals surface area (Å²) in [5.41, 5.74) is 1.26. The van der Waals surface area contributed by atoms with E-state index in [1.807, 2.05) is 0 Å². The number of benzene rings is 1. The summed E-state index contributed by atoms with van der Waals surface area (Å²) in [5.74, 6) is 0.146. The predicted molar refractivity (Wildman–Crippen MR) is 72.1 cm³/mol. The Morgan fingerprint density at radius 1 is 1.44 bits per heavy atom. The SMILES string of the molecule is CC(NC1CNC(=O)C1)c1ccc(I)cc1. The van der Waals surface area contributed by atoms with Crippen LogP contribution in [-0.2, 0) is 4.79 Å². The molecule has 2 unspecified atom stereocenters. The fraction of sp³-hybridized carbons (Fsp3) is 0.417. The number of nitrogens with one attached hydrogen (secondary N) is 2. The van der Waals surface area contributed by atoms with Crippen LogP contribution >= 0.6 is 22.6 Å². The number of carbonyl (C=O) groups excluding carboxylic acids is 1. The highest BCUT2D eigenvalue weighted by Crippen LogP contribution is 2.16. The van der Waals surface area contributed by atoms with Crippen LogP contribution in [0.15, 0.2) is 24.3 Å². The molecule has 1 aromatic carbocycles. The van der Waals surface area contributed by atoms with Gasteiger partial charge < -0.3 is 10.6 Å². The highest BCUT2D eigenvalue weighted by molar-refractivity contribution is 14.1. The molecule has 86 valence electrons. The van der Waals surface area contributed by atoms with Gasteiger partial charge in [-0.15, -0.1) is 0 Å². The molecule has 0 bridgehead atoms. The molecule has 1 saturated heterocycles. The minimum absolute atomic E-state index is 0.146. The molecule has 0 saturated carbocycles. The third kappa shape index (κ3) is 2.95. The molecule has 2 N–H and O–H groups in total. The zero-order valence-corrected chi connectivity index (χ0v) is 11.3. The molecule has 3 nitrogen and oxygen atoms in total. The van der Waals surface area contributed by atoms with E-state index in [0.717, 1.165) is 6.54 Å². The Kier molecular flexibility index (Phi) is 3.81. The van der Waals surface area contributed by atoms with Gasteiger partial charge in [-0.25, -0.2) is 0 Å². The van der Waals surface area contributed by atoms with Gasteiger partial charge in [0, 0.05) is 28.6 Å². The normalized spacial score (nSPS) is 21.9. The molecule has 0 aromatic heterocycles. The van der Waals surface area contributed by atoms with Crippen molar-refractivity contribution in [2.75, 3.05) is 6.54 Å². The molecule has 2 atom stereocenters. The smallest absolute Gasteiger partial charge is 0.221 e. The topological polar surface area (TPSA) is 41.1 Å². The van der Waals surface area contributed by atoms with E-state index in [-0.39, 0.29) is 18.0 Å². The Hall–Kier alpha value is -0.620. The lowest BCUT2D eigenvalue weighted by Gasteiger charge is -2.18. The van der Waals surface area contributed by atoms with Crippen LogP contribution in [0.3, 0.4) is 0 Å². The largest absolute Gasteiger partial charge is 0.354 e. The number of halogens is 1. The van der Waals surface area contributed by atoms with Crippen LogP contribution in [-0.4, -0.2) is 18.5 Å². The van der Waals surface area contributed by atoms with Gasteiger partial charge >= 0.3 is 0 Å². The summed E-state index contributed by atoms with van der Waals surface area (Å²) >= 11 is 2.30. The third-order valence-electron chi connectivity index (χ3n) is 2.83. The van der Waals surface area contributed by atoms with E-state index < -0.39 is 0 Å². The standard InChI is InChI=1S/C12H15IN2O/c1-8(9-2-4-10(13)5-3-9)15-11-6-12(16)14-7-11/h2-5,8,11,15H,6-7H2,1H3,(H,14,16). The lowest BCUT2D eigenvalue weighted by atomic mass is 10.1. The van der Waals surface area contributed by atoms with Crippen molar-refractivity contribution in [3.05, 3.63) is 33.4 Å². The summed E-state index contributed by atoms with van der Waals surface area (Å²) in [6.45, 7) is 2.87. The van der Waals surface area contributed by atoms with E-state index in [4.69, 9.17) is 0 Å². The molecule has 1 amide bonds. The van der Waals surface area contributed by atoms with E-state index >= 15 is 0 Å². The van der Waals surface area contributed by atoms with E-state index in [2.05, 4.69) is 64.4 Å². The zero-order chi connectivity index (χ0) is 11.5. The van der Waals surface area contributed by atoms with Gasteiger partial charge in [-0.1, -0.05) is 12.1 Å². The molecule has 1 aromatic rings. The maximum absolute atomic E-state index is 11.1. The van der Waals surface area contributed by atoms with Crippen molar-refractivity contribution in [2.45, 2.75) is 25.4 Å². The summed E-state index contributed by atoms with van der Waals surface area (Å²) in [6.07, 6.45) is 0.592. The van der Waals surface area contributed by atoms with E-state index in [9.17, 15) is 4.79 Å². The molecule has 16 heavy (non-hydrogen) atoms. The fourth-order valence-electron chi connectivity index (χ4n) is 1.92. The molecule has 1 heterocycles. The first-order valence-corrected chi connectivity index (χ1v) is 6.51. The summed E-state index contributed by atoms with van der Waals surface area (Å²) in [4.78, 5) is 11.1. The van der Waals surface area contributed by atoms with Crippen molar-refractivity contribution < 1.29 is 4.79 Å². The van der Waals surface area contributed by atoms with Crippen LogP contribution < -0.4 is 10.6 Å². The first-order valence-electron chi connectivity index (χ1n) is 5.43. The van der Waals surface area contributed by atoms with Crippen molar-refractivity contribution in [3.8, 4) is 0 Å². The summed E-state index contributed by atoms with van der Waals surface area (Å²) in [5, 5.41) is 6.29. The molecule has 1 aliphatic heterocycles. The molecule has 4 heteroatoms. The highest BCUT2D eigenvalue weighted by Gasteiger charge is 2.22. The van der Waals surface area contributed by atoms with Crippen LogP contribution in [0.2, 0.25) is 0 Å². The van der Waals surface area contributed by atoms with Gasteiger partial charge in [0.1, 0.15) is 0 Å². The second kappa shape index (κ2) is 5.14. The molecular weight excluding hydrogens is 315 g/mol. The average molecular weight is 330 g/mol. The van der Waals surface area contributed by atoms with Gasteiger partial charge in [0.15, 0.2) is 0 Å². The molecule has 1 aliphatic rings. The molecule has 0 radical (unpaired) electrons. The Morgan fingerprint density at radius 3 is 2.69 bits per heavy atom. The van der Waals surface area contributed by atoms with Crippen molar-refractivity contribution in [1.29, 1.82) is 0 Å². The second-order valence-electron chi connectivity index (χ2n) is 4.15. The molecule has 1 fully saturated rings. The Balaban J connectivity index is 1.95. The van der Waals surface area contributed by atoms with E-state index in [1.54, 1.807) is 0 Å². The summed E-state index contributed by atoms with van der Waals surface area (Å²) in [7, 11) is 0. The maximum atomic E-state index is 11.1. The van der Waals surface area contributed by atoms with Crippen molar-refractivity contribution in [1.82, 2.24) is 10.6 Å². The van der Waals surface area contributed by atoms with Crippen molar-refractivity contribution >= 4 is 28.5 Å². The summed E-state index contributed by atoms with van der Waals surface area (Å²) in [6, 6.07) is 9.02. The fourth-order valence-corrected chi connectivity index (χ4v) is 2.28. The predicted octanol–water partition coefficient (Wildman–Crippen LogP) is 1.83. The first kappa shape index (κ1) is 11.9. The van der Waals surface area contributed by atoms with Gasteiger partial charge in [0.05, 0.1) is 0 Å². The number of amides is 1. The maximum Gasteiger partial charge on any atom is 0.221 e. The first-order chi connectivity index (χ1) is 7.65. The number of hydrogen-bond acceptors (Lipinski definition) is 2. The molecule has 0 spiro atoms. The van der Waals surface area contributed by atoms with Gasteiger partial charge in [-0.3, -0.25) is 4.79 Å². The average Bonchev–Trinajstić information content (AvgIpc) is 2.65. The Bertz CT molecular complexity index is 377. The van der Waals surface area contributed by atoms with Crippen LogP contribution in [0.5, 0.6) is 0 Å². The summed E-state index contributed by atoms with van der Waals surface area (Å²) < 4.78 is 1.24. The monoisotopic (exact) mass is 330 g/mol. The van der Waals surface area contributed by atoms with Gasteiger partial charge in [0.25, 0.3) is 0 Å². The third-order valence-corrected chi connectivity index (χ3v) is 3.55. The van der Waals surface area contributed by atoms with Gasteiger partial charge in [0.2, 0.25) is 5.91 Å². The quantitative estimate of drug-likeness (QED) is 0.831. The van der Waals surface area contributed by atoms with Crippen molar-refractivity contribution in [2.24, 2.45) is 0 Å². The zero-order valence-electron chi connectivity index (χ0n) is 9.16.